The summed E-state index contributed by atoms with van der Waals surface area (Å²) >= 11 is 0. The second-order valence-electron chi connectivity index (χ2n) is 7.37. The summed E-state index contributed by atoms with van der Waals surface area (Å²) in [5.41, 5.74) is 0.0501. The van der Waals surface area contributed by atoms with Gasteiger partial charge in [-0.2, -0.15) is 13.2 Å². The quantitative estimate of drug-likeness (QED) is 0.673. The van der Waals surface area contributed by atoms with Crippen LogP contribution in [0, 0.1) is 5.92 Å². The summed E-state index contributed by atoms with van der Waals surface area (Å²) in [4.78, 5) is 26.5. The molecule has 1 N–H and O–H groups in total. The lowest BCUT2D eigenvalue weighted by atomic mass is 9.96. The van der Waals surface area contributed by atoms with Gasteiger partial charge < -0.3 is 10.2 Å². The second kappa shape index (κ2) is 8.75. The van der Waals surface area contributed by atoms with Crippen LogP contribution in [0.3, 0.4) is 0 Å². The van der Waals surface area contributed by atoms with Gasteiger partial charge in [-0.05, 0) is 36.6 Å². The molecule has 1 amide bonds. The Morgan fingerprint density at radius 3 is 2.77 bits per heavy atom. The van der Waals surface area contributed by atoms with E-state index in [-0.39, 0.29) is 18.3 Å². The number of piperidine rings is 1. The van der Waals surface area contributed by atoms with Crippen LogP contribution < -0.4 is 10.2 Å². The Hall–Kier alpha value is -3.43. The molecule has 0 bridgehead atoms. The number of anilines is 1. The number of amides is 1. The van der Waals surface area contributed by atoms with Gasteiger partial charge in [0.15, 0.2) is 0 Å². The van der Waals surface area contributed by atoms with Crippen molar-refractivity contribution in [1.29, 1.82) is 0 Å². The smallest absolute Gasteiger partial charge is 0.355 e. The van der Waals surface area contributed by atoms with Gasteiger partial charge in [0.25, 0.3) is 0 Å². The van der Waals surface area contributed by atoms with Gasteiger partial charge >= 0.3 is 6.18 Å². The minimum Gasteiger partial charge on any atom is -0.355 e. The zero-order chi connectivity index (χ0) is 21.8. The van der Waals surface area contributed by atoms with Crippen molar-refractivity contribution in [3.63, 3.8) is 0 Å². The van der Waals surface area contributed by atoms with E-state index >= 15 is 0 Å². The summed E-state index contributed by atoms with van der Waals surface area (Å²) in [6.07, 6.45) is 4.85. The summed E-state index contributed by atoms with van der Waals surface area (Å²) in [5, 5.41) is 2.87. The molecule has 3 aromatic heterocycles. The Morgan fingerprint density at radius 2 is 2.06 bits per heavy atom. The van der Waals surface area contributed by atoms with Crippen molar-refractivity contribution in [2.45, 2.75) is 25.6 Å². The molecule has 10 heteroatoms. The first-order chi connectivity index (χ1) is 14.9. The second-order valence-corrected chi connectivity index (χ2v) is 7.37. The number of aromatic nitrogens is 4. The normalized spacial score (nSPS) is 16.9. The van der Waals surface area contributed by atoms with Crippen LogP contribution in [0.5, 0.6) is 0 Å². The topological polar surface area (TPSA) is 75.9 Å². The lowest BCUT2D eigenvalue weighted by molar-refractivity contribution is -0.137. The molecule has 3 aromatic rings. The first kappa shape index (κ1) is 20.8. The van der Waals surface area contributed by atoms with Crippen LogP contribution in [-0.2, 0) is 17.5 Å². The molecule has 31 heavy (non-hydrogen) atoms. The molecule has 0 aromatic carbocycles. The molecule has 7 nitrogen and oxygen atoms in total. The van der Waals surface area contributed by atoms with Crippen LogP contribution in [0.1, 0.15) is 24.0 Å². The molecule has 1 aliphatic heterocycles. The summed E-state index contributed by atoms with van der Waals surface area (Å²) in [6.45, 7) is 0.928. The van der Waals surface area contributed by atoms with E-state index < -0.39 is 17.7 Å². The van der Waals surface area contributed by atoms with Gasteiger partial charge in [0.2, 0.25) is 5.91 Å². The maximum Gasteiger partial charge on any atom is 0.419 e. The lowest BCUT2D eigenvalue weighted by Crippen LogP contribution is -2.43. The van der Waals surface area contributed by atoms with Gasteiger partial charge in [-0.1, -0.05) is 6.07 Å². The molecule has 1 aliphatic rings. The molecular weight excluding hydrogens is 409 g/mol. The fourth-order valence-corrected chi connectivity index (χ4v) is 3.66. The highest BCUT2D eigenvalue weighted by Crippen LogP contribution is 2.36. The number of halogens is 3. The van der Waals surface area contributed by atoms with E-state index in [1.165, 1.54) is 12.3 Å². The first-order valence-corrected chi connectivity index (χ1v) is 9.90. The highest BCUT2D eigenvalue weighted by molar-refractivity contribution is 5.79. The van der Waals surface area contributed by atoms with Gasteiger partial charge in [0.05, 0.1) is 11.5 Å². The molecule has 0 aliphatic carbocycles. The summed E-state index contributed by atoms with van der Waals surface area (Å²) in [6, 6.07) is 5.98. The van der Waals surface area contributed by atoms with Gasteiger partial charge in [0, 0.05) is 44.4 Å². The maximum absolute atomic E-state index is 13.3. The van der Waals surface area contributed by atoms with Crippen LogP contribution in [0.4, 0.5) is 19.0 Å². The zero-order valence-electron chi connectivity index (χ0n) is 16.6. The van der Waals surface area contributed by atoms with Crippen molar-refractivity contribution < 1.29 is 18.0 Å². The molecule has 1 fully saturated rings. The van der Waals surface area contributed by atoms with Crippen molar-refractivity contribution in [3.05, 3.63) is 66.5 Å². The van der Waals surface area contributed by atoms with E-state index in [4.69, 9.17) is 0 Å². The molecule has 4 heterocycles. The number of hydrogen-bond acceptors (Lipinski definition) is 5. The number of nitrogens with zero attached hydrogens (tertiary/aromatic N) is 5. The lowest BCUT2D eigenvalue weighted by Gasteiger charge is -2.34. The molecule has 1 saturated heterocycles. The van der Waals surface area contributed by atoms with Crippen LogP contribution in [0.15, 0.2) is 55.4 Å². The minimum absolute atomic E-state index is 0.119. The van der Waals surface area contributed by atoms with Gasteiger partial charge in [-0.15, -0.1) is 0 Å². The Morgan fingerprint density at radius 1 is 1.19 bits per heavy atom. The maximum atomic E-state index is 13.3. The number of nitrogens with one attached hydrogen (secondary N) is 1. The molecule has 1 unspecified atom stereocenters. The number of rotatable bonds is 5. The number of pyridine rings is 2. The van der Waals surface area contributed by atoms with Crippen LogP contribution in [-0.4, -0.2) is 38.5 Å². The van der Waals surface area contributed by atoms with Gasteiger partial charge in [-0.25, -0.2) is 15.0 Å². The van der Waals surface area contributed by atoms with Crippen molar-refractivity contribution in [2.24, 2.45) is 5.92 Å². The highest BCUT2D eigenvalue weighted by atomic mass is 19.4. The Kier molecular flexibility index (Phi) is 5.88. The Labute approximate surface area is 177 Å². The van der Waals surface area contributed by atoms with Crippen molar-refractivity contribution >= 4 is 11.7 Å². The van der Waals surface area contributed by atoms with Crippen LogP contribution >= 0.6 is 0 Å². The van der Waals surface area contributed by atoms with Crippen LogP contribution in [0.2, 0.25) is 0 Å². The SMILES string of the molecule is O=C(NCc1ccc(-n2ccnc2)nc1)C1CCCN(c2ncccc2C(F)(F)F)C1. The van der Waals surface area contributed by atoms with Gasteiger partial charge in [0.1, 0.15) is 18.0 Å². The summed E-state index contributed by atoms with van der Waals surface area (Å²) < 4.78 is 41.8. The van der Waals surface area contributed by atoms with Crippen molar-refractivity contribution in [2.75, 3.05) is 18.0 Å². The molecule has 162 valence electrons. The molecular formula is C21H21F3N6O. The molecule has 4 rings (SSSR count). The van der Waals surface area contributed by atoms with E-state index in [0.717, 1.165) is 11.6 Å². The zero-order valence-corrected chi connectivity index (χ0v) is 16.6. The number of hydrogen-bond donors (Lipinski definition) is 1. The predicted octanol–water partition coefficient (Wildman–Crippen LogP) is 3.21. The largest absolute Gasteiger partial charge is 0.419 e. The number of carbonyl (C=O) groups excluding carboxylic acids is 1. The summed E-state index contributed by atoms with van der Waals surface area (Å²) in [5.74, 6) is 0.000941. The van der Waals surface area contributed by atoms with E-state index in [2.05, 4.69) is 20.3 Å². The molecule has 0 spiro atoms. The third-order valence-electron chi connectivity index (χ3n) is 5.23. The van der Waals surface area contributed by atoms with Gasteiger partial charge in [-0.3, -0.25) is 9.36 Å². The average molecular weight is 430 g/mol. The average Bonchev–Trinajstić information content (AvgIpc) is 3.32. The fourth-order valence-electron chi connectivity index (χ4n) is 3.66. The fraction of sp³-hybridized carbons (Fsp3) is 0.333. The molecule has 0 radical (unpaired) electrons. The number of alkyl halides is 3. The third kappa shape index (κ3) is 4.84. The van der Waals surface area contributed by atoms with E-state index in [1.54, 1.807) is 34.4 Å². The van der Waals surface area contributed by atoms with Crippen molar-refractivity contribution in [3.8, 4) is 5.82 Å². The summed E-state index contributed by atoms with van der Waals surface area (Å²) in [7, 11) is 0. The third-order valence-corrected chi connectivity index (χ3v) is 5.23. The number of imidazole rings is 1. The first-order valence-electron chi connectivity index (χ1n) is 9.90. The molecule has 1 atom stereocenters. The van der Waals surface area contributed by atoms with E-state index in [1.807, 2.05) is 12.1 Å². The molecule has 0 saturated carbocycles. The minimum atomic E-state index is -4.49. The van der Waals surface area contributed by atoms with Crippen molar-refractivity contribution in [1.82, 2.24) is 24.8 Å². The van der Waals surface area contributed by atoms with E-state index in [0.29, 0.717) is 31.7 Å². The monoisotopic (exact) mass is 430 g/mol. The Bertz CT molecular complexity index is 1020. The highest BCUT2D eigenvalue weighted by Gasteiger charge is 2.37. The standard InChI is InChI=1S/C21H21F3N6O/c22-21(23,24)17-4-1-7-26-19(17)29-9-2-3-16(13-29)20(31)28-12-15-5-6-18(27-11-15)30-10-8-25-14-30/h1,4-8,10-11,14,16H,2-3,9,12-13H2,(H,28,31). The number of carbonyl (C=O) groups is 1. The Balaban J connectivity index is 1.37. The van der Waals surface area contributed by atoms with Crippen LogP contribution in [0.25, 0.3) is 5.82 Å². The predicted molar refractivity (Wildman–Crippen MR) is 107 cm³/mol. The van der Waals surface area contributed by atoms with E-state index in [9.17, 15) is 18.0 Å².